The summed E-state index contributed by atoms with van der Waals surface area (Å²) in [6, 6.07) is 16.2. The van der Waals surface area contributed by atoms with Crippen LogP contribution in [0.5, 0.6) is 0 Å². The number of halogens is 1. The predicted octanol–water partition coefficient (Wildman–Crippen LogP) is 6.45. The number of fused-ring (bicyclic) bond motifs is 3. The number of rotatable bonds is 11. The van der Waals surface area contributed by atoms with Gasteiger partial charge in [-0.3, -0.25) is 4.90 Å². The van der Waals surface area contributed by atoms with E-state index in [2.05, 4.69) is 38.3 Å². The summed E-state index contributed by atoms with van der Waals surface area (Å²) in [7, 11) is 1.64. The normalized spacial score (nSPS) is 38.5. The molecule has 16 atom stereocenters. The average molecular weight is 812 g/mol. The highest BCUT2D eigenvalue weighted by Crippen LogP contribution is 2.44. The van der Waals surface area contributed by atoms with E-state index >= 15 is 4.39 Å². The van der Waals surface area contributed by atoms with E-state index in [4.69, 9.17) is 37.9 Å². The average Bonchev–Trinajstić information content (AvgIpc) is 3.52. The Labute approximate surface area is 339 Å². The molecule has 2 aromatic carbocycles. The Bertz CT molecular complexity index is 1690. The number of benzene rings is 2. The predicted molar refractivity (Wildman–Crippen MR) is 207 cm³/mol. The Hall–Kier alpha value is -4.02. The molecule has 0 radical (unpaired) electrons. The van der Waals surface area contributed by atoms with E-state index in [1.807, 2.05) is 67.6 Å². The zero-order valence-corrected chi connectivity index (χ0v) is 34.1. The quantitative estimate of drug-likeness (QED) is 0.241. The van der Waals surface area contributed by atoms with E-state index in [9.17, 15) is 14.4 Å². The highest BCUT2D eigenvalue weighted by atomic mass is 19.1. The van der Waals surface area contributed by atoms with Gasteiger partial charge in [0.25, 0.3) is 0 Å². The van der Waals surface area contributed by atoms with Crippen molar-refractivity contribution in [3.8, 4) is 0 Å². The molecule has 7 rings (SSSR count). The molecular formula is C43H58FN3O11. The number of amides is 3. The van der Waals surface area contributed by atoms with Crippen molar-refractivity contribution in [2.45, 2.75) is 147 Å². The maximum Gasteiger partial charge on any atom is 0.410 e. The molecule has 0 bridgehead atoms. The van der Waals surface area contributed by atoms with Gasteiger partial charge in [-0.05, 0) is 42.2 Å². The molecule has 8 unspecified atom stereocenters. The van der Waals surface area contributed by atoms with Gasteiger partial charge in [0.2, 0.25) is 0 Å². The summed E-state index contributed by atoms with van der Waals surface area (Å²) in [4.78, 5) is 40.5. The maximum absolute atomic E-state index is 16.4. The molecular weight excluding hydrogens is 753 g/mol. The van der Waals surface area contributed by atoms with Gasteiger partial charge in [0.15, 0.2) is 25.0 Å². The minimum Gasteiger partial charge on any atom is -0.445 e. The van der Waals surface area contributed by atoms with Crippen LogP contribution in [0.25, 0.3) is 0 Å². The summed E-state index contributed by atoms with van der Waals surface area (Å²) in [5.41, 5.74) is 1.59. The van der Waals surface area contributed by atoms with E-state index in [1.165, 1.54) is 4.90 Å². The fraction of sp³-hybridized carbons (Fsp3) is 0.651. The highest BCUT2D eigenvalue weighted by molar-refractivity contribution is 5.71. The van der Waals surface area contributed by atoms with Crippen LogP contribution in [0.1, 0.15) is 71.4 Å². The fourth-order valence-electron chi connectivity index (χ4n) is 9.03. The van der Waals surface area contributed by atoms with Crippen LogP contribution >= 0.6 is 0 Å². The highest BCUT2D eigenvalue weighted by Gasteiger charge is 2.60. The Morgan fingerprint density at radius 3 is 2.03 bits per heavy atom. The van der Waals surface area contributed by atoms with Crippen molar-refractivity contribution in [3.05, 3.63) is 71.8 Å². The van der Waals surface area contributed by atoms with Gasteiger partial charge in [-0.15, -0.1) is 0 Å². The third kappa shape index (κ3) is 9.38. The summed E-state index contributed by atoms with van der Waals surface area (Å²) < 4.78 is 65.9. The van der Waals surface area contributed by atoms with Crippen LogP contribution < -0.4 is 10.6 Å². The van der Waals surface area contributed by atoms with Gasteiger partial charge >= 0.3 is 18.3 Å². The Morgan fingerprint density at radius 2 is 1.40 bits per heavy atom. The van der Waals surface area contributed by atoms with Crippen LogP contribution in [0.3, 0.4) is 0 Å². The molecule has 0 aromatic heterocycles. The van der Waals surface area contributed by atoms with Crippen LogP contribution in [0.15, 0.2) is 60.7 Å². The number of nitrogens with one attached hydrogen (secondary N) is 2. The van der Waals surface area contributed by atoms with Crippen molar-refractivity contribution in [3.63, 3.8) is 0 Å². The Kier molecular flexibility index (Phi) is 13.4. The SMILES string of the molecule is CCC1O[C@H](OC2O[C@H]3CC(C)[C@@H](O[C@@H]4C(NC(=O)OCc5ccccc5)C[C@@H](NC(=O)OCc5ccccc5)C[C@H]4F)OC3C3OC(=O)N(C)C23)C(C)[C@@H](C)[C@@H]1C. The number of hydrogen-bond acceptors (Lipinski definition) is 11. The number of likely N-dealkylation sites (N-methyl/N-ethyl adjacent to an activating group) is 1. The Balaban J connectivity index is 1.03. The zero-order valence-electron chi connectivity index (χ0n) is 34.1. The molecule has 4 saturated heterocycles. The van der Waals surface area contributed by atoms with Crippen molar-refractivity contribution in [1.82, 2.24) is 15.5 Å². The zero-order chi connectivity index (χ0) is 41.1. The fourth-order valence-corrected chi connectivity index (χ4v) is 9.03. The summed E-state index contributed by atoms with van der Waals surface area (Å²) in [5, 5.41) is 5.56. The lowest BCUT2D eigenvalue weighted by atomic mass is 9.78. The van der Waals surface area contributed by atoms with Crippen molar-refractivity contribution in [2.24, 2.45) is 23.7 Å². The third-order valence-electron chi connectivity index (χ3n) is 12.7. The van der Waals surface area contributed by atoms with Crippen molar-refractivity contribution >= 4 is 18.3 Å². The molecule has 1 saturated carbocycles. The van der Waals surface area contributed by atoms with E-state index in [1.54, 1.807) is 7.05 Å². The number of nitrogens with zero attached hydrogens (tertiary/aromatic N) is 1. The van der Waals surface area contributed by atoms with Gasteiger partial charge in [0, 0.05) is 31.3 Å². The van der Waals surface area contributed by atoms with E-state index < -0.39 is 85.9 Å². The van der Waals surface area contributed by atoms with Gasteiger partial charge in [0.1, 0.15) is 37.6 Å². The van der Waals surface area contributed by atoms with Crippen LogP contribution in [0.2, 0.25) is 0 Å². The second-order valence-electron chi connectivity index (χ2n) is 16.6. The van der Waals surface area contributed by atoms with Crippen molar-refractivity contribution in [1.29, 1.82) is 0 Å². The van der Waals surface area contributed by atoms with Crippen molar-refractivity contribution < 1.29 is 56.7 Å². The summed E-state index contributed by atoms with van der Waals surface area (Å²) in [5.74, 6) is 0.481. The largest absolute Gasteiger partial charge is 0.445 e. The smallest absolute Gasteiger partial charge is 0.410 e. The summed E-state index contributed by atoms with van der Waals surface area (Å²) in [6.45, 7) is 10.6. The first-order valence-electron chi connectivity index (χ1n) is 20.7. The van der Waals surface area contributed by atoms with Crippen LogP contribution in [-0.2, 0) is 51.1 Å². The number of ether oxygens (including phenoxy) is 8. The lowest BCUT2D eigenvalue weighted by molar-refractivity contribution is -0.369. The second kappa shape index (κ2) is 18.5. The van der Waals surface area contributed by atoms with Crippen molar-refractivity contribution in [2.75, 3.05) is 7.05 Å². The lowest BCUT2D eigenvalue weighted by Crippen LogP contribution is -2.65. The molecule has 4 heterocycles. The topological polar surface area (TPSA) is 152 Å². The molecule has 15 heteroatoms. The van der Waals surface area contributed by atoms with E-state index in [-0.39, 0.29) is 44.0 Å². The second-order valence-corrected chi connectivity index (χ2v) is 16.6. The number of hydrogen-bond donors (Lipinski definition) is 2. The first kappa shape index (κ1) is 42.1. The minimum atomic E-state index is -1.63. The minimum absolute atomic E-state index is 0.00679. The molecule has 1 aliphatic carbocycles. The summed E-state index contributed by atoms with van der Waals surface area (Å²) >= 11 is 0. The first-order valence-corrected chi connectivity index (χ1v) is 20.7. The van der Waals surface area contributed by atoms with Crippen LogP contribution in [0.4, 0.5) is 18.8 Å². The molecule has 5 aliphatic rings. The van der Waals surface area contributed by atoms with Gasteiger partial charge in [0.05, 0.1) is 18.2 Å². The van der Waals surface area contributed by atoms with Gasteiger partial charge in [-0.1, -0.05) is 95.3 Å². The van der Waals surface area contributed by atoms with Gasteiger partial charge in [-0.25, -0.2) is 18.8 Å². The van der Waals surface area contributed by atoms with E-state index in [0.29, 0.717) is 18.3 Å². The Morgan fingerprint density at radius 1 is 0.759 bits per heavy atom. The van der Waals surface area contributed by atoms with Gasteiger partial charge < -0.3 is 48.5 Å². The molecule has 2 N–H and O–H groups in total. The molecule has 2 aromatic rings. The van der Waals surface area contributed by atoms with Crippen LogP contribution in [-0.4, -0.2) is 104 Å². The third-order valence-corrected chi connectivity index (χ3v) is 12.7. The number of alkyl halides is 1. The molecule has 14 nitrogen and oxygen atoms in total. The standard InChI is InChI=1S/C43H58FN3O11/c1-7-32-25(4)24(3)26(5)39(53-32)58-40-34-37(57-43(50)47(34)6)36-33(54-40)18-23(2)38(56-36)55-35-30(44)19-29(45-41(48)51-21-27-14-10-8-11-15-27)20-31(35)46-42(49)52-22-28-16-12-9-13-17-28/h8-17,23-26,29-40H,7,18-22H2,1-6H3,(H,45,48)(H,46,49)/t23?,24-,25-,26?,29-,30+,31?,32?,33-,34?,35-,36?,37?,38-,39+,40?/m0/s1. The molecule has 318 valence electrons. The van der Waals surface area contributed by atoms with E-state index in [0.717, 1.165) is 17.5 Å². The maximum atomic E-state index is 16.4. The van der Waals surface area contributed by atoms with Crippen LogP contribution in [0, 0.1) is 23.7 Å². The molecule has 4 aliphatic heterocycles. The number of carbonyl (C=O) groups excluding carboxylic acids is 3. The number of carbonyl (C=O) groups is 3. The van der Waals surface area contributed by atoms with Gasteiger partial charge in [-0.2, -0.15) is 0 Å². The molecule has 58 heavy (non-hydrogen) atoms. The molecule has 5 fully saturated rings. The molecule has 0 spiro atoms. The monoisotopic (exact) mass is 811 g/mol. The molecule has 3 amide bonds. The number of alkyl carbamates (subject to hydrolysis) is 2. The lowest BCUT2D eigenvalue weighted by Gasteiger charge is -2.51. The summed E-state index contributed by atoms with van der Waals surface area (Å²) in [6.07, 6.45) is -7.81. The first-order chi connectivity index (χ1) is 27.9.